The quantitative estimate of drug-likeness (QED) is 0.448. The Morgan fingerprint density at radius 1 is 1.35 bits per heavy atom. The predicted octanol–water partition coefficient (Wildman–Crippen LogP) is 2.74. The number of hydrogen-bond acceptors (Lipinski definition) is 8. The molecule has 1 amide bonds. The summed E-state index contributed by atoms with van der Waals surface area (Å²) in [4.78, 5) is 28.4. The molecule has 5 rings (SSSR count). The van der Waals surface area contributed by atoms with E-state index in [0.29, 0.717) is 51.9 Å². The summed E-state index contributed by atoms with van der Waals surface area (Å²) in [6.45, 7) is 2.18. The van der Waals surface area contributed by atoms with Gasteiger partial charge >= 0.3 is 0 Å². The van der Waals surface area contributed by atoms with Crippen molar-refractivity contribution in [2.24, 2.45) is 0 Å². The summed E-state index contributed by atoms with van der Waals surface area (Å²) in [6.07, 6.45) is 0.286. The molecule has 1 aliphatic heterocycles. The molecule has 0 saturated carbocycles. The maximum absolute atomic E-state index is 13.5. The van der Waals surface area contributed by atoms with Gasteiger partial charge in [-0.15, -0.1) is 0 Å². The van der Waals surface area contributed by atoms with E-state index in [1.165, 1.54) is 13.3 Å². The van der Waals surface area contributed by atoms with Gasteiger partial charge in [-0.05, 0) is 24.6 Å². The van der Waals surface area contributed by atoms with E-state index in [-0.39, 0.29) is 12.5 Å². The second-order valence-corrected chi connectivity index (χ2v) is 7.36. The van der Waals surface area contributed by atoms with Crippen LogP contribution in [-0.2, 0) is 13.1 Å². The fraction of sp³-hybridized carbons (Fsp3) is 0.250. The number of nitrogens with zero attached hydrogens (tertiary/aromatic N) is 5. The first-order chi connectivity index (χ1) is 15.0. The predicted molar refractivity (Wildman–Crippen MR) is 109 cm³/mol. The highest BCUT2D eigenvalue weighted by Gasteiger charge is 2.24. The number of anilines is 1. The zero-order chi connectivity index (χ0) is 21.5. The Balaban J connectivity index is 1.30. The Labute approximate surface area is 175 Å². The minimum absolute atomic E-state index is 0.161. The van der Waals surface area contributed by atoms with E-state index < -0.39 is 6.17 Å². The van der Waals surface area contributed by atoms with E-state index in [9.17, 15) is 9.18 Å². The van der Waals surface area contributed by atoms with E-state index in [4.69, 9.17) is 4.52 Å². The molecule has 31 heavy (non-hydrogen) atoms. The summed E-state index contributed by atoms with van der Waals surface area (Å²) >= 11 is 0. The number of nitrogens with one attached hydrogen (secondary N) is 3. The maximum Gasteiger partial charge on any atom is 0.270 e. The lowest BCUT2D eigenvalue weighted by Crippen LogP contribution is -2.25. The van der Waals surface area contributed by atoms with Gasteiger partial charge in [0.05, 0.1) is 17.6 Å². The summed E-state index contributed by atoms with van der Waals surface area (Å²) in [5.74, 6) is 1.20. The normalized spacial score (nSPS) is 14.4. The molecule has 4 heterocycles. The number of amides is 1. The third-order valence-electron chi connectivity index (χ3n) is 5.04. The number of fused-ring (bicyclic) bond motifs is 2. The lowest BCUT2D eigenvalue weighted by Gasteiger charge is -2.05. The molecule has 11 heteroatoms. The second kappa shape index (κ2) is 7.43. The Hall–Kier alpha value is -3.86. The number of benzene rings is 1. The van der Waals surface area contributed by atoms with Gasteiger partial charge < -0.3 is 20.2 Å². The topological polar surface area (TPSA) is 125 Å². The van der Waals surface area contributed by atoms with Crippen LogP contribution in [-0.4, -0.2) is 43.1 Å². The third-order valence-corrected chi connectivity index (χ3v) is 5.04. The standard InChI is InChI=1S/C20H19FN8O2/c1-10(21)11-3-4-14-15(5-11)26-19(25-14)16-6-12(28-31-16)7-22-20(30)17-13-8-29(2)27-18(13)24-9-23-17/h3-6,9-10H,7-8H2,1-2H3,(H,22,30)(H,25,26)(H,23,24,27). The third kappa shape index (κ3) is 3.59. The first-order valence-electron chi connectivity index (χ1n) is 9.67. The van der Waals surface area contributed by atoms with Gasteiger partial charge in [0.2, 0.25) is 5.76 Å². The molecule has 158 valence electrons. The first kappa shape index (κ1) is 19.1. The largest absolute Gasteiger partial charge is 0.353 e. The molecule has 3 N–H and O–H groups in total. The van der Waals surface area contributed by atoms with Gasteiger partial charge in [-0.25, -0.2) is 24.4 Å². The Kier molecular flexibility index (Phi) is 4.59. The van der Waals surface area contributed by atoms with Crippen molar-refractivity contribution in [3.8, 4) is 11.6 Å². The summed E-state index contributed by atoms with van der Waals surface area (Å²) < 4.78 is 18.9. The molecule has 0 aliphatic carbocycles. The molecule has 0 saturated heterocycles. The Bertz CT molecular complexity index is 1280. The average Bonchev–Trinajstić information content (AvgIpc) is 3.47. The number of aromatic amines is 1. The highest BCUT2D eigenvalue weighted by molar-refractivity contribution is 5.94. The molecular weight excluding hydrogens is 403 g/mol. The Morgan fingerprint density at radius 3 is 3.06 bits per heavy atom. The number of hydrogen-bond donors (Lipinski definition) is 3. The molecule has 1 aliphatic rings. The number of H-pyrrole nitrogens is 1. The van der Waals surface area contributed by atoms with Gasteiger partial charge in [0.1, 0.15) is 29.7 Å². The molecular formula is C20H19FN8O2. The van der Waals surface area contributed by atoms with Gasteiger partial charge in [0, 0.05) is 25.2 Å². The van der Waals surface area contributed by atoms with Crippen LogP contribution in [0, 0.1) is 0 Å². The van der Waals surface area contributed by atoms with Crippen molar-refractivity contribution >= 4 is 22.8 Å². The van der Waals surface area contributed by atoms with E-state index in [1.54, 1.807) is 24.3 Å². The van der Waals surface area contributed by atoms with E-state index in [0.717, 1.165) is 5.56 Å². The van der Waals surface area contributed by atoms with Crippen molar-refractivity contribution in [3.05, 3.63) is 53.1 Å². The van der Waals surface area contributed by atoms with Gasteiger partial charge in [-0.3, -0.25) is 4.79 Å². The van der Waals surface area contributed by atoms with E-state index >= 15 is 0 Å². The van der Waals surface area contributed by atoms with E-state index in [2.05, 4.69) is 35.8 Å². The van der Waals surface area contributed by atoms with Gasteiger partial charge in [0.25, 0.3) is 5.91 Å². The minimum Gasteiger partial charge on any atom is -0.353 e. The average molecular weight is 422 g/mol. The highest BCUT2D eigenvalue weighted by Crippen LogP contribution is 2.26. The number of rotatable bonds is 5. The molecule has 1 unspecified atom stereocenters. The fourth-order valence-electron chi connectivity index (χ4n) is 3.46. The zero-order valence-electron chi connectivity index (χ0n) is 16.8. The number of halogens is 1. The Morgan fingerprint density at radius 2 is 2.23 bits per heavy atom. The van der Waals surface area contributed by atoms with Gasteiger partial charge in [-0.2, -0.15) is 0 Å². The van der Waals surface area contributed by atoms with Crippen molar-refractivity contribution in [1.82, 2.24) is 35.4 Å². The molecule has 0 radical (unpaired) electrons. The number of alkyl halides is 1. The minimum atomic E-state index is -1.07. The monoisotopic (exact) mass is 422 g/mol. The number of imidazole rings is 1. The van der Waals surface area contributed by atoms with Crippen molar-refractivity contribution < 1.29 is 13.7 Å². The number of hydrazine groups is 1. The molecule has 0 fully saturated rings. The summed E-state index contributed by atoms with van der Waals surface area (Å²) in [5, 5.41) is 8.62. The van der Waals surface area contributed by atoms with Crippen LogP contribution < -0.4 is 10.7 Å². The second-order valence-electron chi connectivity index (χ2n) is 7.36. The lowest BCUT2D eigenvalue weighted by molar-refractivity contribution is 0.0943. The van der Waals surface area contributed by atoms with Crippen LogP contribution in [0.3, 0.4) is 0 Å². The van der Waals surface area contributed by atoms with Gasteiger partial charge in [0.15, 0.2) is 5.82 Å². The van der Waals surface area contributed by atoms with Crippen LogP contribution in [0.2, 0.25) is 0 Å². The highest BCUT2D eigenvalue weighted by atomic mass is 19.1. The number of carbonyl (C=O) groups excluding carboxylic acids is 1. The van der Waals surface area contributed by atoms with Crippen molar-refractivity contribution in [3.63, 3.8) is 0 Å². The SMILES string of the molecule is CC(F)c1ccc2nc(-c3cc(CNC(=O)c4ncnc5c4CN(C)N5)no3)[nH]c2c1. The fourth-order valence-corrected chi connectivity index (χ4v) is 3.46. The summed E-state index contributed by atoms with van der Waals surface area (Å²) in [5.41, 5.74) is 6.62. The van der Waals surface area contributed by atoms with E-state index in [1.807, 2.05) is 12.1 Å². The molecule has 0 bridgehead atoms. The van der Waals surface area contributed by atoms with Crippen LogP contribution in [0.5, 0.6) is 0 Å². The lowest BCUT2D eigenvalue weighted by atomic mass is 10.1. The van der Waals surface area contributed by atoms with Crippen LogP contribution in [0.1, 0.15) is 40.4 Å². The summed E-state index contributed by atoms with van der Waals surface area (Å²) in [6, 6.07) is 6.87. The molecule has 0 spiro atoms. The molecule has 1 atom stereocenters. The zero-order valence-corrected chi connectivity index (χ0v) is 16.8. The first-order valence-corrected chi connectivity index (χ1v) is 9.67. The van der Waals surface area contributed by atoms with Crippen LogP contribution in [0.15, 0.2) is 35.1 Å². The maximum atomic E-state index is 13.5. The number of aromatic nitrogens is 5. The van der Waals surface area contributed by atoms with Crippen molar-refractivity contribution in [2.45, 2.75) is 26.2 Å². The van der Waals surface area contributed by atoms with Crippen LogP contribution in [0.4, 0.5) is 10.2 Å². The summed E-state index contributed by atoms with van der Waals surface area (Å²) in [7, 11) is 1.86. The number of carbonyl (C=O) groups is 1. The van der Waals surface area contributed by atoms with Gasteiger partial charge in [-0.1, -0.05) is 11.2 Å². The molecule has 10 nitrogen and oxygen atoms in total. The molecule has 1 aromatic carbocycles. The van der Waals surface area contributed by atoms with Crippen LogP contribution in [0.25, 0.3) is 22.6 Å². The molecule has 3 aromatic heterocycles. The molecule has 4 aromatic rings. The van der Waals surface area contributed by atoms with Crippen LogP contribution >= 0.6 is 0 Å². The van der Waals surface area contributed by atoms with Crippen molar-refractivity contribution in [2.75, 3.05) is 12.5 Å². The smallest absolute Gasteiger partial charge is 0.270 e. The van der Waals surface area contributed by atoms with Crippen molar-refractivity contribution in [1.29, 1.82) is 0 Å².